The van der Waals surface area contributed by atoms with Crippen LogP contribution in [-0.4, -0.2) is 60.9 Å². The summed E-state index contributed by atoms with van der Waals surface area (Å²) in [4.78, 5) is 27.6. The van der Waals surface area contributed by atoms with Crippen LogP contribution in [0.4, 0.5) is 0 Å². The minimum absolute atomic E-state index is 0.0948. The van der Waals surface area contributed by atoms with Crippen molar-refractivity contribution in [3.05, 3.63) is 0 Å². The Balaban J connectivity index is 1.97. The van der Waals surface area contributed by atoms with E-state index in [0.717, 1.165) is 26.1 Å². The van der Waals surface area contributed by atoms with Crippen molar-refractivity contribution in [2.45, 2.75) is 25.8 Å². The zero-order valence-corrected chi connectivity index (χ0v) is 10.6. The quantitative estimate of drug-likeness (QED) is 0.682. The van der Waals surface area contributed by atoms with Gasteiger partial charge >= 0.3 is 0 Å². The molecule has 0 aromatic carbocycles. The molecular weight excluding hydrogens is 218 g/mol. The van der Waals surface area contributed by atoms with E-state index in [0.29, 0.717) is 13.0 Å². The van der Waals surface area contributed by atoms with Crippen molar-refractivity contribution >= 4 is 11.8 Å². The summed E-state index contributed by atoms with van der Waals surface area (Å²) in [5.74, 6) is 0.164. The minimum Gasteiger partial charge on any atom is -0.346 e. The molecule has 2 fully saturated rings. The van der Waals surface area contributed by atoms with E-state index < -0.39 is 0 Å². The maximum atomic E-state index is 12.3. The first-order chi connectivity index (χ1) is 8.09. The average Bonchev–Trinajstić information content (AvgIpc) is 2.32. The Kier molecular flexibility index (Phi) is 3.66. The number of hydrogen-bond donors (Lipinski definition) is 1. The summed E-state index contributed by atoms with van der Waals surface area (Å²) in [6.45, 7) is 5.24. The van der Waals surface area contributed by atoms with Crippen LogP contribution in [-0.2, 0) is 9.59 Å². The third kappa shape index (κ3) is 2.60. The van der Waals surface area contributed by atoms with Gasteiger partial charge in [-0.15, -0.1) is 0 Å². The van der Waals surface area contributed by atoms with Gasteiger partial charge in [0.1, 0.15) is 0 Å². The lowest BCUT2D eigenvalue weighted by Crippen LogP contribution is -2.55. The molecule has 1 N–H and O–H groups in total. The van der Waals surface area contributed by atoms with Crippen LogP contribution in [0.3, 0.4) is 0 Å². The van der Waals surface area contributed by atoms with Crippen molar-refractivity contribution < 1.29 is 9.59 Å². The molecule has 0 spiro atoms. The first-order valence-corrected chi connectivity index (χ1v) is 6.34. The summed E-state index contributed by atoms with van der Waals surface area (Å²) in [5, 5.41) is 3.27. The van der Waals surface area contributed by atoms with Gasteiger partial charge in [0, 0.05) is 51.6 Å². The van der Waals surface area contributed by atoms with Crippen molar-refractivity contribution in [3.63, 3.8) is 0 Å². The summed E-state index contributed by atoms with van der Waals surface area (Å²) in [5.41, 5.74) is 0. The van der Waals surface area contributed by atoms with E-state index >= 15 is 0 Å². The third-order valence-corrected chi connectivity index (χ3v) is 3.79. The second-order valence-corrected chi connectivity index (χ2v) is 5.09. The second kappa shape index (κ2) is 5.04. The van der Waals surface area contributed by atoms with Crippen LogP contribution in [0.25, 0.3) is 0 Å². The monoisotopic (exact) mass is 239 g/mol. The summed E-state index contributed by atoms with van der Waals surface area (Å²) in [6, 6.07) is 0.242. The third-order valence-electron chi connectivity index (χ3n) is 3.79. The van der Waals surface area contributed by atoms with Crippen molar-refractivity contribution in [2.24, 2.45) is 5.92 Å². The fourth-order valence-corrected chi connectivity index (χ4v) is 2.56. The van der Waals surface area contributed by atoms with Gasteiger partial charge in [-0.2, -0.15) is 0 Å². The fourth-order valence-electron chi connectivity index (χ4n) is 2.56. The van der Waals surface area contributed by atoms with Gasteiger partial charge in [-0.25, -0.2) is 0 Å². The van der Waals surface area contributed by atoms with Crippen LogP contribution in [0.2, 0.25) is 0 Å². The Morgan fingerprint density at radius 1 is 1.41 bits per heavy atom. The van der Waals surface area contributed by atoms with Gasteiger partial charge in [0.05, 0.1) is 0 Å². The maximum absolute atomic E-state index is 12.3. The Morgan fingerprint density at radius 2 is 2.18 bits per heavy atom. The predicted molar refractivity (Wildman–Crippen MR) is 64.4 cm³/mol. The largest absolute Gasteiger partial charge is 0.346 e. The van der Waals surface area contributed by atoms with E-state index in [1.165, 1.54) is 0 Å². The molecule has 0 bridgehead atoms. The number of carbonyl (C=O) groups is 2. The molecule has 2 amide bonds. The highest BCUT2D eigenvalue weighted by molar-refractivity contribution is 5.87. The normalized spacial score (nSPS) is 30.6. The van der Waals surface area contributed by atoms with Crippen molar-refractivity contribution in [3.8, 4) is 0 Å². The lowest BCUT2D eigenvalue weighted by atomic mass is 9.94. The SMILES string of the molecule is C[C@H]1CNCCN1C(=O)[C@H]1CCN(C)C(=O)C1. The number of amides is 2. The van der Waals surface area contributed by atoms with Crippen LogP contribution < -0.4 is 5.32 Å². The van der Waals surface area contributed by atoms with Crippen molar-refractivity contribution in [1.29, 1.82) is 0 Å². The molecule has 2 aliphatic heterocycles. The second-order valence-electron chi connectivity index (χ2n) is 5.09. The topological polar surface area (TPSA) is 52.7 Å². The van der Waals surface area contributed by atoms with E-state index in [2.05, 4.69) is 12.2 Å². The molecule has 2 heterocycles. The number of piperidine rings is 1. The molecule has 5 nitrogen and oxygen atoms in total. The van der Waals surface area contributed by atoms with Crippen LogP contribution in [0, 0.1) is 5.92 Å². The minimum atomic E-state index is -0.0979. The highest BCUT2D eigenvalue weighted by atomic mass is 16.2. The van der Waals surface area contributed by atoms with E-state index in [4.69, 9.17) is 0 Å². The van der Waals surface area contributed by atoms with Crippen LogP contribution in [0.5, 0.6) is 0 Å². The molecule has 0 saturated carbocycles. The standard InChI is InChI=1S/C12H21N3O2/c1-9-8-13-4-6-15(9)12(17)10-3-5-14(2)11(16)7-10/h9-10,13H,3-8H2,1-2H3/t9-,10-/m0/s1. The lowest BCUT2D eigenvalue weighted by molar-refractivity contribution is -0.146. The van der Waals surface area contributed by atoms with Gasteiger partial charge in [-0.3, -0.25) is 9.59 Å². The van der Waals surface area contributed by atoms with E-state index in [-0.39, 0.29) is 23.8 Å². The molecule has 2 aliphatic rings. The number of nitrogens with zero attached hydrogens (tertiary/aromatic N) is 2. The van der Waals surface area contributed by atoms with Gasteiger partial charge in [0.25, 0.3) is 0 Å². The summed E-state index contributed by atoms with van der Waals surface area (Å²) in [7, 11) is 1.80. The van der Waals surface area contributed by atoms with Crippen molar-refractivity contribution in [1.82, 2.24) is 15.1 Å². The van der Waals surface area contributed by atoms with Gasteiger partial charge in [0.2, 0.25) is 11.8 Å². The molecule has 17 heavy (non-hydrogen) atoms. The molecule has 96 valence electrons. The molecule has 0 aromatic rings. The smallest absolute Gasteiger partial charge is 0.226 e. The molecule has 0 aromatic heterocycles. The molecule has 0 aliphatic carbocycles. The molecule has 0 unspecified atom stereocenters. The molecule has 2 atom stereocenters. The van der Waals surface area contributed by atoms with Crippen LogP contribution in [0.1, 0.15) is 19.8 Å². The molecule has 2 saturated heterocycles. The lowest BCUT2D eigenvalue weighted by Gasteiger charge is -2.38. The molecule has 2 rings (SSSR count). The first kappa shape index (κ1) is 12.4. The van der Waals surface area contributed by atoms with Gasteiger partial charge < -0.3 is 15.1 Å². The summed E-state index contributed by atoms with van der Waals surface area (Å²) in [6.07, 6.45) is 1.18. The zero-order chi connectivity index (χ0) is 12.4. The Labute approximate surface area is 102 Å². The average molecular weight is 239 g/mol. The number of piperazine rings is 1. The van der Waals surface area contributed by atoms with Crippen molar-refractivity contribution in [2.75, 3.05) is 33.2 Å². The first-order valence-electron chi connectivity index (χ1n) is 6.34. The highest BCUT2D eigenvalue weighted by Gasteiger charge is 2.33. The number of likely N-dealkylation sites (tertiary alicyclic amines) is 1. The maximum Gasteiger partial charge on any atom is 0.226 e. The van der Waals surface area contributed by atoms with Gasteiger partial charge in [0.15, 0.2) is 0 Å². The number of hydrogen-bond acceptors (Lipinski definition) is 3. The van der Waals surface area contributed by atoms with Gasteiger partial charge in [-0.05, 0) is 13.3 Å². The van der Waals surface area contributed by atoms with E-state index in [9.17, 15) is 9.59 Å². The number of rotatable bonds is 1. The summed E-state index contributed by atoms with van der Waals surface area (Å²) < 4.78 is 0. The number of nitrogens with one attached hydrogen (secondary N) is 1. The Morgan fingerprint density at radius 3 is 2.82 bits per heavy atom. The predicted octanol–water partition coefficient (Wildman–Crippen LogP) is -0.325. The molecule has 0 radical (unpaired) electrons. The molecular formula is C12H21N3O2. The Bertz CT molecular complexity index is 319. The highest BCUT2D eigenvalue weighted by Crippen LogP contribution is 2.21. The fraction of sp³-hybridized carbons (Fsp3) is 0.833. The van der Waals surface area contributed by atoms with E-state index in [1.807, 2.05) is 4.90 Å². The van der Waals surface area contributed by atoms with Crippen LogP contribution >= 0.6 is 0 Å². The number of carbonyl (C=O) groups excluding carboxylic acids is 2. The van der Waals surface area contributed by atoms with Crippen LogP contribution in [0.15, 0.2) is 0 Å². The van der Waals surface area contributed by atoms with E-state index in [1.54, 1.807) is 11.9 Å². The summed E-state index contributed by atoms with van der Waals surface area (Å²) >= 11 is 0. The Hall–Kier alpha value is -1.10. The molecule has 5 heteroatoms. The van der Waals surface area contributed by atoms with Gasteiger partial charge in [-0.1, -0.05) is 0 Å². The zero-order valence-electron chi connectivity index (χ0n) is 10.6.